The molecule has 2 N–H and O–H groups in total. The summed E-state index contributed by atoms with van der Waals surface area (Å²) < 4.78 is 11.9. The Kier molecular flexibility index (Phi) is 7.12. The van der Waals surface area contributed by atoms with Gasteiger partial charge in [0.1, 0.15) is 5.75 Å². The summed E-state index contributed by atoms with van der Waals surface area (Å²) in [7, 11) is 3.06. The minimum Gasteiger partial charge on any atom is -0.497 e. The molecule has 2 amide bonds. The van der Waals surface area contributed by atoms with Gasteiger partial charge in [0.05, 0.1) is 19.9 Å². The van der Waals surface area contributed by atoms with Gasteiger partial charge in [-0.25, -0.2) is 4.68 Å². The van der Waals surface area contributed by atoms with E-state index in [9.17, 15) is 9.59 Å². The number of carbonyl (C=O) groups is 2. The molecule has 0 aliphatic carbocycles. The molecule has 3 aromatic rings. The van der Waals surface area contributed by atoms with Crippen molar-refractivity contribution in [2.45, 2.75) is 12.6 Å². The number of benzene rings is 2. The van der Waals surface area contributed by atoms with Gasteiger partial charge in [0.2, 0.25) is 0 Å². The van der Waals surface area contributed by atoms with Crippen LogP contribution in [0.25, 0.3) is 0 Å². The molecule has 0 radical (unpaired) electrons. The average Bonchev–Trinajstić information content (AvgIpc) is 3.25. The Morgan fingerprint density at radius 3 is 2.47 bits per heavy atom. The Morgan fingerprint density at radius 1 is 1.07 bits per heavy atom. The van der Waals surface area contributed by atoms with Gasteiger partial charge in [0, 0.05) is 19.3 Å². The highest BCUT2D eigenvalue weighted by Crippen LogP contribution is 2.16. The molecular formula is C21H23N5O4. The molecule has 0 bridgehead atoms. The number of anilines is 1. The van der Waals surface area contributed by atoms with Crippen LogP contribution < -0.4 is 15.4 Å². The highest BCUT2D eigenvalue weighted by molar-refractivity contribution is 6.02. The zero-order valence-corrected chi connectivity index (χ0v) is 16.7. The van der Waals surface area contributed by atoms with E-state index in [0.717, 1.165) is 5.56 Å². The number of nitrogens with zero attached hydrogens (tertiary/aromatic N) is 3. The van der Waals surface area contributed by atoms with Crippen molar-refractivity contribution < 1.29 is 19.1 Å². The van der Waals surface area contributed by atoms with Crippen LogP contribution in [0.3, 0.4) is 0 Å². The summed E-state index contributed by atoms with van der Waals surface area (Å²) in [5.41, 5.74) is 1.57. The van der Waals surface area contributed by atoms with Crippen molar-refractivity contribution in [1.82, 2.24) is 20.3 Å². The lowest BCUT2D eigenvalue weighted by molar-refractivity contribution is -0.131. The van der Waals surface area contributed by atoms with E-state index in [-0.39, 0.29) is 17.5 Å². The van der Waals surface area contributed by atoms with Crippen LogP contribution in [0.1, 0.15) is 22.2 Å². The average molecular weight is 409 g/mol. The Hall–Kier alpha value is -3.72. The SMILES string of the molecule is COc1ccc(NC(=O)c2cn(CCNC(=O)C(OC)c3ccccc3)nn2)cc1. The number of methoxy groups -OCH3 is 2. The Balaban J connectivity index is 1.50. The molecule has 0 saturated carbocycles. The lowest BCUT2D eigenvalue weighted by Gasteiger charge is -2.15. The number of nitrogens with one attached hydrogen (secondary N) is 2. The first kappa shape index (κ1) is 21.0. The first-order chi connectivity index (χ1) is 14.6. The second-order valence-electron chi connectivity index (χ2n) is 6.37. The van der Waals surface area contributed by atoms with E-state index in [1.165, 1.54) is 18.0 Å². The van der Waals surface area contributed by atoms with Crippen molar-refractivity contribution >= 4 is 17.5 Å². The fourth-order valence-corrected chi connectivity index (χ4v) is 2.79. The molecule has 0 spiro atoms. The molecule has 2 aromatic carbocycles. The summed E-state index contributed by atoms with van der Waals surface area (Å²) >= 11 is 0. The molecule has 0 aliphatic heterocycles. The summed E-state index contributed by atoms with van der Waals surface area (Å²) in [6, 6.07) is 16.2. The maximum absolute atomic E-state index is 12.4. The van der Waals surface area contributed by atoms with Crippen LogP contribution in [0.2, 0.25) is 0 Å². The third kappa shape index (κ3) is 5.42. The van der Waals surface area contributed by atoms with Crippen LogP contribution in [-0.4, -0.2) is 47.6 Å². The van der Waals surface area contributed by atoms with Crippen LogP contribution >= 0.6 is 0 Å². The van der Waals surface area contributed by atoms with Crippen LogP contribution in [0.5, 0.6) is 5.75 Å². The minimum atomic E-state index is -0.687. The molecule has 1 unspecified atom stereocenters. The number of ether oxygens (including phenoxy) is 2. The molecule has 1 heterocycles. The smallest absolute Gasteiger partial charge is 0.277 e. The molecule has 156 valence electrons. The van der Waals surface area contributed by atoms with Crippen LogP contribution in [0, 0.1) is 0 Å². The van der Waals surface area contributed by atoms with Crippen molar-refractivity contribution in [3.05, 3.63) is 72.1 Å². The molecule has 0 aliphatic rings. The van der Waals surface area contributed by atoms with E-state index in [0.29, 0.717) is 24.5 Å². The van der Waals surface area contributed by atoms with Gasteiger partial charge < -0.3 is 20.1 Å². The lowest BCUT2D eigenvalue weighted by atomic mass is 10.1. The van der Waals surface area contributed by atoms with Crippen molar-refractivity contribution in [1.29, 1.82) is 0 Å². The van der Waals surface area contributed by atoms with Gasteiger partial charge in [-0.3, -0.25) is 9.59 Å². The fourth-order valence-electron chi connectivity index (χ4n) is 2.79. The molecular weight excluding hydrogens is 386 g/mol. The maximum atomic E-state index is 12.4. The van der Waals surface area contributed by atoms with E-state index in [1.807, 2.05) is 30.3 Å². The normalized spacial score (nSPS) is 11.5. The molecule has 9 nitrogen and oxygen atoms in total. The van der Waals surface area contributed by atoms with Crippen LogP contribution in [-0.2, 0) is 16.1 Å². The summed E-state index contributed by atoms with van der Waals surface area (Å²) in [5.74, 6) is 0.0734. The minimum absolute atomic E-state index is 0.177. The first-order valence-electron chi connectivity index (χ1n) is 9.31. The zero-order chi connectivity index (χ0) is 21.3. The predicted octanol–water partition coefficient (Wildman–Crippen LogP) is 2.04. The van der Waals surface area contributed by atoms with E-state index < -0.39 is 6.10 Å². The van der Waals surface area contributed by atoms with Gasteiger partial charge in [-0.15, -0.1) is 5.10 Å². The molecule has 1 aromatic heterocycles. The zero-order valence-electron chi connectivity index (χ0n) is 16.7. The topological polar surface area (TPSA) is 107 Å². The predicted molar refractivity (Wildman–Crippen MR) is 110 cm³/mol. The summed E-state index contributed by atoms with van der Waals surface area (Å²) in [6.07, 6.45) is 0.837. The number of hydrogen-bond donors (Lipinski definition) is 2. The van der Waals surface area contributed by atoms with Crippen molar-refractivity contribution in [2.24, 2.45) is 0 Å². The largest absolute Gasteiger partial charge is 0.497 e. The number of hydrogen-bond acceptors (Lipinski definition) is 6. The summed E-state index contributed by atoms with van der Waals surface area (Å²) in [6.45, 7) is 0.675. The molecule has 30 heavy (non-hydrogen) atoms. The third-order valence-electron chi connectivity index (χ3n) is 4.34. The third-order valence-corrected chi connectivity index (χ3v) is 4.34. The van der Waals surface area contributed by atoms with E-state index in [2.05, 4.69) is 20.9 Å². The van der Waals surface area contributed by atoms with Crippen molar-refractivity contribution in [3.8, 4) is 5.75 Å². The highest BCUT2D eigenvalue weighted by Gasteiger charge is 2.19. The second kappa shape index (κ2) is 10.2. The fraction of sp³-hybridized carbons (Fsp3) is 0.238. The molecule has 1 atom stereocenters. The highest BCUT2D eigenvalue weighted by atomic mass is 16.5. The maximum Gasteiger partial charge on any atom is 0.277 e. The van der Waals surface area contributed by atoms with Crippen LogP contribution in [0.4, 0.5) is 5.69 Å². The van der Waals surface area contributed by atoms with Crippen molar-refractivity contribution in [2.75, 3.05) is 26.1 Å². The van der Waals surface area contributed by atoms with Crippen molar-refractivity contribution in [3.63, 3.8) is 0 Å². The number of amides is 2. The first-order valence-corrected chi connectivity index (χ1v) is 9.31. The van der Waals surface area contributed by atoms with Gasteiger partial charge in [-0.05, 0) is 29.8 Å². The number of carbonyl (C=O) groups excluding carboxylic acids is 2. The van der Waals surface area contributed by atoms with E-state index >= 15 is 0 Å². The van der Waals surface area contributed by atoms with E-state index in [4.69, 9.17) is 9.47 Å². The van der Waals surface area contributed by atoms with Gasteiger partial charge in [-0.2, -0.15) is 0 Å². The summed E-state index contributed by atoms with van der Waals surface area (Å²) in [4.78, 5) is 24.7. The van der Waals surface area contributed by atoms with Crippen LogP contribution in [0.15, 0.2) is 60.8 Å². The van der Waals surface area contributed by atoms with Gasteiger partial charge in [0.15, 0.2) is 11.8 Å². The Morgan fingerprint density at radius 2 is 1.80 bits per heavy atom. The van der Waals surface area contributed by atoms with Gasteiger partial charge in [0.25, 0.3) is 11.8 Å². The molecule has 0 fully saturated rings. The Labute approximate surface area is 174 Å². The molecule has 0 saturated heterocycles. The standard InChI is InChI=1S/C21H23N5O4/c1-29-17-10-8-16(9-11-17)23-20(27)18-14-26(25-24-18)13-12-22-21(28)19(30-2)15-6-4-3-5-7-15/h3-11,14,19H,12-13H2,1-2H3,(H,22,28)(H,23,27). The number of rotatable bonds is 9. The van der Waals surface area contributed by atoms with Gasteiger partial charge >= 0.3 is 0 Å². The number of aromatic nitrogens is 3. The monoisotopic (exact) mass is 409 g/mol. The Bertz CT molecular complexity index is 973. The molecule has 3 rings (SSSR count). The quantitative estimate of drug-likeness (QED) is 0.560. The van der Waals surface area contributed by atoms with E-state index in [1.54, 1.807) is 31.4 Å². The second-order valence-corrected chi connectivity index (χ2v) is 6.37. The van der Waals surface area contributed by atoms with Gasteiger partial charge in [-0.1, -0.05) is 35.5 Å². The summed E-state index contributed by atoms with van der Waals surface area (Å²) in [5, 5.41) is 13.4. The molecule has 9 heteroatoms. The lowest BCUT2D eigenvalue weighted by Crippen LogP contribution is -2.32.